The van der Waals surface area contributed by atoms with Crippen LogP contribution in [0.1, 0.15) is 71.6 Å². The zero-order valence-corrected chi connectivity index (χ0v) is 17.1. The molecule has 4 rings (SSSR count). The molecule has 0 aromatic carbocycles. The van der Waals surface area contributed by atoms with Crippen molar-refractivity contribution in [1.29, 1.82) is 0 Å². The molecule has 0 bridgehead atoms. The maximum absolute atomic E-state index is 17.1. The van der Waals surface area contributed by atoms with E-state index in [9.17, 15) is 19.6 Å². The second-order valence-electron chi connectivity index (χ2n) is 10.2. The second-order valence-corrected chi connectivity index (χ2v) is 10.2. The van der Waals surface area contributed by atoms with E-state index in [2.05, 4.69) is 5.18 Å². The van der Waals surface area contributed by atoms with Gasteiger partial charge in [-0.05, 0) is 62.9 Å². The van der Waals surface area contributed by atoms with Crippen LogP contribution in [0.4, 0.5) is 4.39 Å². The summed E-state index contributed by atoms with van der Waals surface area (Å²) < 4.78 is 17.1. The predicted octanol–water partition coefficient (Wildman–Crippen LogP) is 3.95. The zero-order valence-electron chi connectivity index (χ0n) is 17.1. The van der Waals surface area contributed by atoms with E-state index < -0.39 is 40.0 Å². The van der Waals surface area contributed by atoms with E-state index in [1.807, 2.05) is 13.8 Å². The van der Waals surface area contributed by atoms with Gasteiger partial charge in [-0.2, -0.15) is 4.91 Å². The molecule has 1 unspecified atom stereocenters. The molecule has 7 atom stereocenters. The van der Waals surface area contributed by atoms with E-state index in [4.69, 9.17) is 5.11 Å². The van der Waals surface area contributed by atoms with Crippen molar-refractivity contribution in [2.24, 2.45) is 27.8 Å². The van der Waals surface area contributed by atoms with Crippen molar-refractivity contribution in [3.8, 4) is 0 Å². The summed E-state index contributed by atoms with van der Waals surface area (Å²) in [6, 6.07) is -1.12. The highest BCUT2D eigenvalue weighted by atomic mass is 19.1. The van der Waals surface area contributed by atoms with Crippen LogP contribution in [0.15, 0.2) is 16.8 Å². The first-order chi connectivity index (χ1) is 13.5. The number of ketones is 1. The Morgan fingerprint density at radius 2 is 1.97 bits per heavy atom. The fraction of sp³-hybridized carbons (Fsp3) is 0.818. The van der Waals surface area contributed by atoms with Crippen LogP contribution in [-0.2, 0) is 9.59 Å². The molecule has 3 saturated carbocycles. The number of rotatable bonds is 4. The molecule has 0 amide bonds. The molecule has 7 heteroatoms. The lowest BCUT2D eigenvalue weighted by Crippen LogP contribution is -2.68. The van der Waals surface area contributed by atoms with Crippen molar-refractivity contribution in [3.63, 3.8) is 0 Å². The number of aliphatic carboxylic acids is 1. The molecule has 4 aliphatic carbocycles. The van der Waals surface area contributed by atoms with Gasteiger partial charge in [0.2, 0.25) is 0 Å². The van der Waals surface area contributed by atoms with Gasteiger partial charge in [-0.25, -0.2) is 4.39 Å². The Morgan fingerprint density at radius 1 is 1.24 bits per heavy atom. The second kappa shape index (κ2) is 6.43. The number of nitroso groups, excluding NO2 is 1. The van der Waals surface area contributed by atoms with Gasteiger partial charge >= 0.3 is 5.97 Å². The largest absolute Gasteiger partial charge is 0.481 e. The maximum atomic E-state index is 17.1. The summed E-state index contributed by atoms with van der Waals surface area (Å²) in [5, 5.41) is 23.8. The predicted molar refractivity (Wildman–Crippen MR) is 104 cm³/mol. The van der Waals surface area contributed by atoms with Crippen LogP contribution in [0.25, 0.3) is 0 Å². The minimum atomic E-state index is -1.85. The SMILES string of the molecule is C[C@]12CCC(=O)C=C1CC[C@H]1[C@@H]3CC[C@](O)(CCC(=O)O)[C@@]3(C)CC(N=O)[C@@]12F. The number of hydrogen-bond donors (Lipinski definition) is 2. The summed E-state index contributed by atoms with van der Waals surface area (Å²) in [5.41, 5.74) is -3.93. The molecule has 0 aromatic heterocycles. The van der Waals surface area contributed by atoms with E-state index in [0.29, 0.717) is 32.1 Å². The quantitative estimate of drug-likeness (QED) is 0.687. The number of alkyl halides is 1. The van der Waals surface area contributed by atoms with Gasteiger partial charge in [0.05, 0.1) is 5.60 Å². The van der Waals surface area contributed by atoms with Gasteiger partial charge in [0.1, 0.15) is 11.7 Å². The van der Waals surface area contributed by atoms with Gasteiger partial charge in [0.25, 0.3) is 0 Å². The summed E-state index contributed by atoms with van der Waals surface area (Å²) in [5.74, 6) is -1.53. The Balaban J connectivity index is 1.77. The smallest absolute Gasteiger partial charge is 0.303 e. The number of hydrogen-bond acceptors (Lipinski definition) is 5. The number of halogens is 1. The molecule has 0 heterocycles. The molecule has 0 radical (unpaired) electrons. The molecule has 0 aliphatic heterocycles. The molecule has 6 nitrogen and oxygen atoms in total. The number of fused-ring (bicyclic) bond motifs is 5. The number of allylic oxidation sites excluding steroid dienone is 1. The van der Waals surface area contributed by atoms with E-state index in [-0.39, 0.29) is 37.4 Å². The Bertz CT molecular complexity index is 798. The maximum Gasteiger partial charge on any atom is 0.303 e. The monoisotopic (exact) mass is 407 g/mol. The number of carbonyl (C=O) groups excluding carboxylic acids is 1. The average molecular weight is 407 g/mol. The lowest BCUT2D eigenvalue weighted by atomic mass is 9.43. The number of carboxylic acids is 1. The zero-order chi connectivity index (χ0) is 21.2. The molecular formula is C22H30FNO5. The topological polar surface area (TPSA) is 104 Å². The van der Waals surface area contributed by atoms with E-state index in [1.165, 1.54) is 0 Å². The summed E-state index contributed by atoms with van der Waals surface area (Å²) >= 11 is 0. The number of carbonyl (C=O) groups is 2. The summed E-state index contributed by atoms with van der Waals surface area (Å²) in [7, 11) is 0. The Kier molecular flexibility index (Phi) is 4.58. The van der Waals surface area contributed by atoms with Gasteiger partial charge in [-0.15, -0.1) is 0 Å². The average Bonchev–Trinajstić information content (AvgIpc) is 2.92. The van der Waals surface area contributed by atoms with Crippen molar-refractivity contribution in [3.05, 3.63) is 16.6 Å². The van der Waals surface area contributed by atoms with Crippen LogP contribution >= 0.6 is 0 Å². The van der Waals surface area contributed by atoms with Gasteiger partial charge < -0.3 is 10.2 Å². The molecule has 0 aromatic rings. The highest BCUT2D eigenvalue weighted by Gasteiger charge is 2.73. The van der Waals surface area contributed by atoms with Gasteiger partial charge in [-0.3, -0.25) is 9.59 Å². The molecule has 29 heavy (non-hydrogen) atoms. The molecule has 4 aliphatic rings. The highest BCUT2D eigenvalue weighted by Crippen LogP contribution is 2.71. The number of nitrogens with zero attached hydrogens (tertiary/aromatic N) is 1. The van der Waals surface area contributed by atoms with Crippen LogP contribution in [0, 0.1) is 27.6 Å². The number of aliphatic hydroxyl groups is 1. The molecule has 2 N–H and O–H groups in total. The van der Waals surface area contributed by atoms with E-state index in [1.54, 1.807) is 6.08 Å². The number of carboxylic acid groups (broad SMARTS) is 1. The highest BCUT2D eigenvalue weighted by molar-refractivity contribution is 5.91. The Labute approximate surface area is 169 Å². The standard InChI is InChI=1S/C22H30FNO5/c1-19-8-5-14(25)11-13(19)3-4-16-15-6-9-21(28,10-7-18(26)27)20(15,2)12-17(24-29)22(16,19)23/h11,15-17,28H,3-10,12H2,1-2H3,(H,26,27)/t15-,16-,17?,19-,20-,21-,22-/m0/s1. The lowest BCUT2D eigenvalue weighted by molar-refractivity contribution is -0.187. The van der Waals surface area contributed by atoms with Crippen molar-refractivity contribution >= 4 is 11.8 Å². The summed E-state index contributed by atoms with van der Waals surface area (Å²) in [6.45, 7) is 3.73. The molecule has 3 fully saturated rings. The van der Waals surface area contributed by atoms with Crippen LogP contribution < -0.4 is 0 Å². The normalized spacial score (nSPS) is 48.9. The van der Waals surface area contributed by atoms with Gasteiger partial charge in [0.15, 0.2) is 5.78 Å². The molecule has 0 spiro atoms. The Morgan fingerprint density at radius 3 is 2.62 bits per heavy atom. The minimum Gasteiger partial charge on any atom is -0.481 e. The van der Waals surface area contributed by atoms with Crippen molar-refractivity contribution in [2.45, 2.75) is 88.9 Å². The fourth-order valence-corrected chi connectivity index (χ4v) is 7.50. The van der Waals surface area contributed by atoms with E-state index in [0.717, 1.165) is 5.57 Å². The third-order valence-electron chi connectivity index (χ3n) is 9.24. The van der Waals surface area contributed by atoms with Crippen LogP contribution in [0.2, 0.25) is 0 Å². The Hall–Kier alpha value is -1.63. The third kappa shape index (κ3) is 2.55. The lowest BCUT2D eigenvalue weighted by Gasteiger charge is -2.63. The first-order valence-corrected chi connectivity index (χ1v) is 10.7. The first-order valence-electron chi connectivity index (χ1n) is 10.7. The fourth-order valence-electron chi connectivity index (χ4n) is 7.50. The van der Waals surface area contributed by atoms with Crippen molar-refractivity contribution in [1.82, 2.24) is 0 Å². The van der Waals surface area contributed by atoms with Gasteiger partial charge in [-0.1, -0.05) is 24.6 Å². The first kappa shape index (κ1) is 20.6. The molecule has 0 saturated heterocycles. The summed E-state index contributed by atoms with van der Waals surface area (Å²) in [6.07, 6.45) is 4.45. The molecule has 160 valence electrons. The minimum absolute atomic E-state index is 0.0136. The molecular weight excluding hydrogens is 377 g/mol. The van der Waals surface area contributed by atoms with Crippen molar-refractivity contribution < 1.29 is 24.2 Å². The van der Waals surface area contributed by atoms with Crippen LogP contribution in [0.5, 0.6) is 0 Å². The van der Waals surface area contributed by atoms with Crippen molar-refractivity contribution in [2.75, 3.05) is 0 Å². The summed E-state index contributed by atoms with van der Waals surface area (Å²) in [4.78, 5) is 35.0. The third-order valence-corrected chi connectivity index (χ3v) is 9.24. The van der Waals surface area contributed by atoms with Crippen LogP contribution in [0.3, 0.4) is 0 Å². The van der Waals surface area contributed by atoms with E-state index >= 15 is 4.39 Å². The van der Waals surface area contributed by atoms with Crippen LogP contribution in [-0.4, -0.2) is 39.3 Å². The van der Waals surface area contributed by atoms with Gasteiger partial charge in [0, 0.05) is 23.7 Å².